The van der Waals surface area contributed by atoms with E-state index >= 15 is 0 Å². The summed E-state index contributed by atoms with van der Waals surface area (Å²) in [6.07, 6.45) is -0.225. The molecular formula is C18H16ClN3O4S. The van der Waals surface area contributed by atoms with E-state index in [1.165, 1.54) is 7.11 Å². The van der Waals surface area contributed by atoms with Crippen LogP contribution in [-0.4, -0.2) is 44.9 Å². The number of rotatable bonds is 2. The van der Waals surface area contributed by atoms with E-state index in [1.54, 1.807) is 47.5 Å². The van der Waals surface area contributed by atoms with Gasteiger partial charge < -0.3 is 9.47 Å². The van der Waals surface area contributed by atoms with Gasteiger partial charge in [0.15, 0.2) is 5.84 Å². The Hall–Kier alpha value is -2.58. The summed E-state index contributed by atoms with van der Waals surface area (Å²) in [5, 5.41) is 6.53. The Morgan fingerprint density at radius 2 is 2.04 bits per heavy atom. The average molecular weight is 406 g/mol. The molecule has 0 amide bonds. The SMILES string of the molecule is COc1cc(C2=NN(C3=NS(=O)(=O)c4ccccc43)CC(C)O2)ccc1Cl. The highest BCUT2D eigenvalue weighted by Crippen LogP contribution is 2.30. The van der Waals surface area contributed by atoms with Crippen molar-refractivity contribution in [1.82, 2.24) is 5.01 Å². The Kier molecular flexibility index (Phi) is 4.32. The summed E-state index contributed by atoms with van der Waals surface area (Å²) in [5.74, 6) is 1.13. The third-order valence-corrected chi connectivity index (χ3v) is 5.85. The molecule has 2 aromatic carbocycles. The topological polar surface area (TPSA) is 80.6 Å². The molecule has 0 bridgehead atoms. The highest BCUT2D eigenvalue weighted by atomic mass is 35.5. The van der Waals surface area contributed by atoms with E-state index in [1.807, 2.05) is 6.92 Å². The Labute approximate surface area is 161 Å². The van der Waals surface area contributed by atoms with E-state index < -0.39 is 10.0 Å². The number of fused-ring (bicyclic) bond motifs is 1. The summed E-state index contributed by atoms with van der Waals surface area (Å²) in [6.45, 7) is 2.25. The summed E-state index contributed by atoms with van der Waals surface area (Å²) < 4.78 is 39.7. The minimum atomic E-state index is -3.72. The molecule has 0 aromatic heterocycles. The Bertz CT molecular complexity index is 1080. The van der Waals surface area contributed by atoms with Crippen molar-refractivity contribution in [3.8, 4) is 5.75 Å². The molecule has 7 nitrogen and oxygen atoms in total. The lowest BCUT2D eigenvalue weighted by molar-refractivity contribution is 0.142. The summed E-state index contributed by atoms with van der Waals surface area (Å²) in [4.78, 5) is 0.184. The fourth-order valence-electron chi connectivity index (χ4n) is 2.97. The van der Waals surface area contributed by atoms with Crippen molar-refractivity contribution in [2.75, 3.05) is 13.7 Å². The first-order valence-electron chi connectivity index (χ1n) is 8.20. The summed E-state index contributed by atoms with van der Waals surface area (Å²) in [6, 6.07) is 11.9. The summed E-state index contributed by atoms with van der Waals surface area (Å²) in [5.41, 5.74) is 1.20. The molecule has 0 fully saturated rings. The monoisotopic (exact) mass is 405 g/mol. The number of methoxy groups -OCH3 is 1. The molecule has 9 heteroatoms. The molecule has 0 N–H and O–H groups in total. The molecule has 1 atom stereocenters. The van der Waals surface area contributed by atoms with E-state index in [2.05, 4.69) is 9.50 Å². The Balaban J connectivity index is 1.78. The lowest BCUT2D eigenvalue weighted by Crippen LogP contribution is -2.40. The molecule has 0 spiro atoms. The highest BCUT2D eigenvalue weighted by Gasteiger charge is 2.34. The molecule has 0 saturated heterocycles. The third-order valence-electron chi connectivity index (χ3n) is 4.21. The van der Waals surface area contributed by atoms with Crippen LogP contribution in [0.1, 0.15) is 18.1 Å². The third kappa shape index (κ3) is 3.15. The first-order valence-corrected chi connectivity index (χ1v) is 10.0. The minimum Gasteiger partial charge on any atom is -0.495 e. The lowest BCUT2D eigenvalue weighted by Gasteiger charge is -2.29. The molecule has 1 unspecified atom stereocenters. The fraction of sp³-hybridized carbons (Fsp3) is 0.222. The first kappa shape index (κ1) is 17.8. The number of halogens is 1. The molecule has 4 rings (SSSR count). The molecule has 0 saturated carbocycles. The van der Waals surface area contributed by atoms with Crippen LogP contribution in [0.2, 0.25) is 5.02 Å². The zero-order valence-electron chi connectivity index (χ0n) is 14.6. The standard InChI is InChI=1S/C18H16ClN3O4S/c1-11-10-22(17-13-5-3-4-6-16(13)27(23,24)21-17)20-18(26-11)12-7-8-14(19)15(9-12)25-2/h3-9,11H,10H2,1-2H3. The second-order valence-corrected chi connectivity index (χ2v) is 8.13. The van der Waals surface area contributed by atoms with Gasteiger partial charge in [0.25, 0.3) is 10.0 Å². The van der Waals surface area contributed by atoms with Gasteiger partial charge in [0.05, 0.1) is 18.7 Å². The van der Waals surface area contributed by atoms with E-state index in [0.717, 1.165) is 0 Å². The first-order chi connectivity index (χ1) is 12.9. The predicted octanol–water partition coefficient (Wildman–Crippen LogP) is 2.88. The fourth-order valence-corrected chi connectivity index (χ4v) is 4.37. The Morgan fingerprint density at radius 1 is 1.26 bits per heavy atom. The highest BCUT2D eigenvalue weighted by molar-refractivity contribution is 7.90. The number of amidine groups is 1. The molecule has 2 aromatic rings. The zero-order valence-corrected chi connectivity index (χ0v) is 16.2. The average Bonchev–Trinajstić information content (AvgIpc) is 2.93. The van der Waals surface area contributed by atoms with Crippen LogP contribution >= 0.6 is 11.6 Å². The van der Waals surface area contributed by atoms with E-state index in [-0.39, 0.29) is 11.0 Å². The quantitative estimate of drug-likeness (QED) is 0.767. The van der Waals surface area contributed by atoms with Crippen molar-refractivity contribution in [2.45, 2.75) is 17.9 Å². The van der Waals surface area contributed by atoms with Crippen molar-refractivity contribution in [3.63, 3.8) is 0 Å². The number of nitrogens with zero attached hydrogens (tertiary/aromatic N) is 3. The van der Waals surface area contributed by atoms with E-state index in [0.29, 0.717) is 40.2 Å². The number of hydrogen-bond acceptors (Lipinski definition) is 6. The van der Waals surface area contributed by atoms with Crippen LogP contribution in [0.15, 0.2) is 56.9 Å². The number of ether oxygens (including phenoxy) is 2. The van der Waals surface area contributed by atoms with Gasteiger partial charge in [-0.25, -0.2) is 5.01 Å². The second-order valence-electron chi connectivity index (χ2n) is 6.15. The molecular weight excluding hydrogens is 390 g/mol. The van der Waals surface area contributed by atoms with Crippen LogP contribution in [0.4, 0.5) is 0 Å². The summed E-state index contributed by atoms with van der Waals surface area (Å²) in [7, 11) is -2.19. The maximum Gasteiger partial charge on any atom is 0.285 e. The van der Waals surface area contributed by atoms with Gasteiger partial charge in [-0.2, -0.15) is 8.42 Å². The molecule has 2 aliphatic rings. The number of hydrogen-bond donors (Lipinski definition) is 0. The van der Waals surface area contributed by atoms with Gasteiger partial charge >= 0.3 is 0 Å². The smallest absolute Gasteiger partial charge is 0.285 e. The molecule has 2 aliphatic heterocycles. The van der Waals surface area contributed by atoms with Gasteiger partial charge in [-0.05, 0) is 37.3 Å². The maximum absolute atomic E-state index is 12.3. The zero-order chi connectivity index (χ0) is 19.2. The summed E-state index contributed by atoms with van der Waals surface area (Å²) >= 11 is 6.08. The number of sulfonamides is 1. The van der Waals surface area contributed by atoms with Gasteiger partial charge in [-0.1, -0.05) is 23.7 Å². The van der Waals surface area contributed by atoms with Crippen LogP contribution in [-0.2, 0) is 14.8 Å². The minimum absolute atomic E-state index is 0.184. The normalized spacial score (nSPS) is 20.4. The largest absolute Gasteiger partial charge is 0.495 e. The molecule has 0 aliphatic carbocycles. The van der Waals surface area contributed by atoms with E-state index in [4.69, 9.17) is 21.1 Å². The second kappa shape index (κ2) is 6.54. The van der Waals surface area contributed by atoms with Gasteiger partial charge in [-0.3, -0.25) is 0 Å². The van der Waals surface area contributed by atoms with Gasteiger partial charge in [0, 0.05) is 11.1 Å². The number of hydrazone groups is 1. The Morgan fingerprint density at radius 3 is 2.81 bits per heavy atom. The maximum atomic E-state index is 12.3. The van der Waals surface area contributed by atoms with Gasteiger partial charge in [-0.15, -0.1) is 9.50 Å². The van der Waals surface area contributed by atoms with Crippen LogP contribution in [0.3, 0.4) is 0 Å². The van der Waals surface area contributed by atoms with Gasteiger partial charge in [0.2, 0.25) is 5.90 Å². The van der Waals surface area contributed by atoms with Crippen molar-refractivity contribution >= 4 is 33.4 Å². The van der Waals surface area contributed by atoms with Crippen LogP contribution in [0.5, 0.6) is 5.75 Å². The van der Waals surface area contributed by atoms with Crippen molar-refractivity contribution in [2.24, 2.45) is 9.50 Å². The molecule has 140 valence electrons. The lowest BCUT2D eigenvalue weighted by atomic mass is 10.2. The number of benzene rings is 2. The molecule has 0 radical (unpaired) electrons. The van der Waals surface area contributed by atoms with Gasteiger partial charge in [0.1, 0.15) is 16.7 Å². The van der Waals surface area contributed by atoms with E-state index in [9.17, 15) is 8.42 Å². The van der Waals surface area contributed by atoms with Crippen molar-refractivity contribution < 1.29 is 17.9 Å². The predicted molar refractivity (Wildman–Crippen MR) is 102 cm³/mol. The molecule has 27 heavy (non-hydrogen) atoms. The van der Waals surface area contributed by atoms with Crippen molar-refractivity contribution in [3.05, 3.63) is 58.6 Å². The molecule has 2 heterocycles. The van der Waals surface area contributed by atoms with Crippen LogP contribution < -0.4 is 4.74 Å². The van der Waals surface area contributed by atoms with Crippen LogP contribution in [0, 0.1) is 0 Å². The van der Waals surface area contributed by atoms with Crippen LogP contribution in [0.25, 0.3) is 0 Å². The van der Waals surface area contributed by atoms with Crippen molar-refractivity contribution in [1.29, 1.82) is 0 Å².